The van der Waals surface area contributed by atoms with Crippen LogP contribution in [0, 0.1) is 0 Å². The van der Waals surface area contributed by atoms with E-state index in [4.69, 9.17) is 18.9 Å². The summed E-state index contributed by atoms with van der Waals surface area (Å²) in [7, 11) is 4.10. The van der Waals surface area contributed by atoms with Crippen LogP contribution in [-0.4, -0.2) is 45.8 Å². The minimum absolute atomic E-state index is 0.204. The van der Waals surface area contributed by atoms with Crippen molar-refractivity contribution in [3.05, 3.63) is 40.3 Å². The van der Waals surface area contributed by atoms with Gasteiger partial charge in [-0.15, -0.1) is 11.3 Å². The lowest BCUT2D eigenvalue weighted by atomic mass is 9.99. The van der Waals surface area contributed by atoms with Gasteiger partial charge >= 0.3 is 11.9 Å². The van der Waals surface area contributed by atoms with E-state index < -0.39 is 23.8 Å². The highest BCUT2D eigenvalue weighted by Gasteiger charge is 2.38. The van der Waals surface area contributed by atoms with Crippen molar-refractivity contribution < 1.29 is 33.3 Å². The highest BCUT2D eigenvalue weighted by Crippen LogP contribution is 2.45. The van der Waals surface area contributed by atoms with Crippen molar-refractivity contribution in [2.24, 2.45) is 0 Å². The van der Waals surface area contributed by atoms with Crippen LogP contribution in [0.5, 0.6) is 11.5 Å². The maximum absolute atomic E-state index is 12.4. The number of carbonyl (C=O) groups is 3. The van der Waals surface area contributed by atoms with Gasteiger partial charge in [-0.1, -0.05) is 6.07 Å². The Kier molecular flexibility index (Phi) is 6.38. The summed E-state index contributed by atoms with van der Waals surface area (Å²) in [5, 5.41) is 3.04. The van der Waals surface area contributed by atoms with E-state index in [1.54, 1.807) is 24.3 Å². The van der Waals surface area contributed by atoms with Crippen LogP contribution in [0.15, 0.2) is 24.3 Å². The van der Waals surface area contributed by atoms with Crippen LogP contribution in [-0.2, 0) is 25.5 Å². The SMILES string of the molecule is COC(=O)c1c(NC(=O)COc2cccc(OC)c2)sc2c1C(C(=O)OC)CC2. The minimum atomic E-state index is -0.609. The van der Waals surface area contributed by atoms with Crippen molar-refractivity contribution >= 4 is 34.2 Å². The third-order valence-electron chi connectivity index (χ3n) is 4.57. The lowest BCUT2D eigenvalue weighted by molar-refractivity contribution is -0.142. The van der Waals surface area contributed by atoms with Gasteiger partial charge in [0.05, 0.1) is 32.8 Å². The smallest absolute Gasteiger partial charge is 0.341 e. The molecule has 0 saturated carbocycles. The van der Waals surface area contributed by atoms with E-state index in [1.807, 2.05) is 0 Å². The van der Waals surface area contributed by atoms with Gasteiger partial charge in [-0.3, -0.25) is 9.59 Å². The Hall–Kier alpha value is -3.07. The fraction of sp³-hybridized carbons (Fsp3) is 0.350. The molecule has 1 atom stereocenters. The Morgan fingerprint density at radius 2 is 1.90 bits per heavy atom. The second-order valence-electron chi connectivity index (χ2n) is 6.26. The van der Waals surface area contributed by atoms with Crippen LogP contribution in [0.1, 0.15) is 33.1 Å². The van der Waals surface area contributed by atoms with Crippen molar-refractivity contribution in [1.29, 1.82) is 0 Å². The molecule has 0 radical (unpaired) electrons. The van der Waals surface area contributed by atoms with E-state index in [9.17, 15) is 14.4 Å². The predicted molar refractivity (Wildman–Crippen MR) is 106 cm³/mol. The number of hydrogen-bond acceptors (Lipinski definition) is 8. The van der Waals surface area contributed by atoms with E-state index in [0.717, 1.165) is 4.88 Å². The molecule has 3 rings (SSSR count). The summed E-state index contributed by atoms with van der Waals surface area (Å²) in [5.41, 5.74) is 0.785. The number of amides is 1. The number of hydrogen-bond donors (Lipinski definition) is 1. The van der Waals surface area contributed by atoms with E-state index in [-0.39, 0.29) is 12.2 Å². The Bertz CT molecular complexity index is 937. The number of esters is 2. The zero-order valence-corrected chi connectivity index (χ0v) is 17.1. The quantitative estimate of drug-likeness (QED) is 0.689. The third kappa shape index (κ3) is 4.34. The zero-order chi connectivity index (χ0) is 21.0. The molecule has 29 heavy (non-hydrogen) atoms. The molecule has 0 fully saturated rings. The second-order valence-corrected chi connectivity index (χ2v) is 7.37. The first-order chi connectivity index (χ1) is 14.0. The number of anilines is 1. The van der Waals surface area contributed by atoms with E-state index in [1.165, 1.54) is 32.7 Å². The standard InChI is InChI=1S/C20H21NO7S/c1-25-11-5-4-6-12(9-11)28-10-15(22)21-18-17(20(24)27-3)16-13(19(23)26-2)7-8-14(16)29-18/h4-6,9,13H,7-8,10H2,1-3H3,(H,21,22). The summed E-state index contributed by atoms with van der Waals surface area (Å²) in [5.74, 6) is -0.911. The molecule has 1 amide bonds. The molecule has 9 heteroatoms. The maximum atomic E-state index is 12.4. The molecular formula is C20H21NO7S. The lowest BCUT2D eigenvalue weighted by Crippen LogP contribution is -2.22. The fourth-order valence-corrected chi connectivity index (χ4v) is 4.52. The molecule has 1 heterocycles. The fourth-order valence-electron chi connectivity index (χ4n) is 3.24. The van der Waals surface area contributed by atoms with Crippen molar-refractivity contribution in [1.82, 2.24) is 0 Å². The molecule has 8 nitrogen and oxygen atoms in total. The van der Waals surface area contributed by atoms with Gasteiger partial charge in [0, 0.05) is 10.9 Å². The molecule has 1 aliphatic carbocycles. The number of methoxy groups -OCH3 is 3. The van der Waals surface area contributed by atoms with Crippen LogP contribution in [0.25, 0.3) is 0 Å². The molecule has 1 aromatic heterocycles. The number of benzene rings is 1. The Labute approximate surface area is 171 Å². The number of fused-ring (bicyclic) bond motifs is 1. The molecule has 1 N–H and O–H groups in total. The van der Waals surface area contributed by atoms with E-state index >= 15 is 0 Å². The van der Waals surface area contributed by atoms with Gasteiger partial charge in [0.2, 0.25) is 0 Å². The molecule has 1 aromatic carbocycles. The minimum Gasteiger partial charge on any atom is -0.497 e. The van der Waals surface area contributed by atoms with Crippen molar-refractivity contribution in [3.8, 4) is 11.5 Å². The summed E-state index contributed by atoms with van der Waals surface area (Å²) in [4.78, 5) is 37.7. The van der Waals surface area contributed by atoms with Crippen LogP contribution < -0.4 is 14.8 Å². The summed E-state index contributed by atoms with van der Waals surface area (Å²) < 4.78 is 20.3. The third-order valence-corrected chi connectivity index (χ3v) is 5.75. The van der Waals surface area contributed by atoms with Gasteiger partial charge in [-0.05, 0) is 30.5 Å². The molecule has 2 aromatic rings. The van der Waals surface area contributed by atoms with Crippen LogP contribution in [0.2, 0.25) is 0 Å². The monoisotopic (exact) mass is 419 g/mol. The van der Waals surface area contributed by atoms with Crippen LogP contribution in [0.3, 0.4) is 0 Å². The molecule has 0 aliphatic heterocycles. The first-order valence-electron chi connectivity index (χ1n) is 8.86. The van der Waals surface area contributed by atoms with Gasteiger partial charge in [0.15, 0.2) is 6.61 Å². The topological polar surface area (TPSA) is 100 Å². The number of carbonyl (C=O) groups excluding carboxylic acids is 3. The zero-order valence-electron chi connectivity index (χ0n) is 16.3. The van der Waals surface area contributed by atoms with Gasteiger partial charge in [0.25, 0.3) is 5.91 Å². The van der Waals surface area contributed by atoms with Crippen molar-refractivity contribution in [2.75, 3.05) is 33.3 Å². The van der Waals surface area contributed by atoms with Crippen LogP contribution in [0.4, 0.5) is 5.00 Å². The molecular weight excluding hydrogens is 398 g/mol. The van der Waals surface area contributed by atoms with Crippen molar-refractivity contribution in [2.45, 2.75) is 18.8 Å². The van der Waals surface area contributed by atoms with Gasteiger partial charge in [0.1, 0.15) is 16.5 Å². The molecule has 1 unspecified atom stereocenters. The van der Waals surface area contributed by atoms with E-state index in [2.05, 4.69) is 5.32 Å². The summed E-state index contributed by atoms with van der Waals surface area (Å²) in [6.45, 7) is -0.253. The lowest BCUT2D eigenvalue weighted by Gasteiger charge is -2.12. The molecule has 0 spiro atoms. The largest absolute Gasteiger partial charge is 0.497 e. The van der Waals surface area contributed by atoms with E-state index in [0.29, 0.717) is 34.9 Å². The molecule has 154 valence electrons. The highest BCUT2D eigenvalue weighted by molar-refractivity contribution is 7.17. The normalized spacial score (nSPS) is 14.7. The molecule has 0 bridgehead atoms. The molecule has 1 aliphatic rings. The van der Waals surface area contributed by atoms with Crippen molar-refractivity contribution in [3.63, 3.8) is 0 Å². The summed E-state index contributed by atoms with van der Waals surface area (Å²) in [6.07, 6.45) is 1.19. The van der Waals surface area contributed by atoms with Gasteiger partial charge in [-0.25, -0.2) is 4.79 Å². The number of ether oxygens (including phenoxy) is 4. The maximum Gasteiger partial charge on any atom is 0.341 e. The summed E-state index contributed by atoms with van der Waals surface area (Å²) in [6, 6.07) is 6.88. The molecule has 0 saturated heterocycles. The van der Waals surface area contributed by atoms with Gasteiger partial charge < -0.3 is 24.3 Å². The average Bonchev–Trinajstić information content (AvgIpc) is 3.30. The first-order valence-corrected chi connectivity index (χ1v) is 9.68. The first kappa shape index (κ1) is 20.7. The Morgan fingerprint density at radius 1 is 1.14 bits per heavy atom. The second kappa shape index (κ2) is 8.95. The Morgan fingerprint density at radius 3 is 2.59 bits per heavy atom. The number of aryl methyl sites for hydroxylation is 1. The summed E-state index contributed by atoms with van der Waals surface area (Å²) >= 11 is 1.26. The number of nitrogens with one attached hydrogen (secondary N) is 1. The number of rotatable bonds is 7. The predicted octanol–water partition coefficient (Wildman–Crippen LogP) is 2.76. The van der Waals surface area contributed by atoms with Gasteiger partial charge in [-0.2, -0.15) is 0 Å². The Balaban J connectivity index is 1.77. The highest BCUT2D eigenvalue weighted by atomic mass is 32.1. The average molecular weight is 419 g/mol. The number of thiophene rings is 1. The van der Waals surface area contributed by atoms with Crippen LogP contribution >= 0.6 is 11.3 Å².